The zero-order valence-corrected chi connectivity index (χ0v) is 18.2. The Balaban J connectivity index is 2.32. The molecule has 0 saturated heterocycles. The van der Waals surface area contributed by atoms with Crippen molar-refractivity contribution in [2.24, 2.45) is 0 Å². The van der Waals surface area contributed by atoms with E-state index in [1.807, 2.05) is 0 Å². The van der Waals surface area contributed by atoms with Crippen molar-refractivity contribution >= 4 is 54.2 Å². The minimum atomic E-state index is -5.64. The van der Waals surface area contributed by atoms with E-state index in [0.717, 1.165) is 24.3 Å². The summed E-state index contributed by atoms with van der Waals surface area (Å²) < 4.78 is 156. The van der Waals surface area contributed by atoms with Gasteiger partial charge in [0.2, 0.25) is 0 Å². The third-order valence-corrected chi connectivity index (χ3v) is 25.3. The Hall–Kier alpha value is -0.310. The summed E-state index contributed by atoms with van der Waals surface area (Å²) in [5.74, 6) is 0. The molecule has 17 heteroatoms. The number of alkyl halides is 12. The molecule has 0 aliphatic carbocycles. The zero-order valence-electron chi connectivity index (χ0n) is 14.0. The quantitative estimate of drug-likeness (QED) is 0.248. The number of hydrogen-bond acceptors (Lipinski definition) is 4. The Morgan fingerprint density at radius 3 is 0.935 bits per heavy atom. The van der Waals surface area contributed by atoms with Gasteiger partial charge in [-0.25, -0.2) is 0 Å². The van der Waals surface area contributed by atoms with E-state index in [9.17, 15) is 52.7 Å². The van der Waals surface area contributed by atoms with Gasteiger partial charge in [0, 0.05) is 0 Å². The number of allylic oxidation sites excluding steroid dienone is 4. The van der Waals surface area contributed by atoms with E-state index in [1.54, 1.807) is 0 Å². The summed E-state index contributed by atoms with van der Waals surface area (Å²) in [6.07, 6.45) is -22.6. The van der Waals surface area contributed by atoms with Gasteiger partial charge >= 0.3 is 182 Å². The fraction of sp³-hybridized carbons (Fsp3) is 0.286. The fourth-order valence-corrected chi connectivity index (χ4v) is 27.1. The van der Waals surface area contributed by atoms with Crippen LogP contribution in [0.15, 0.2) is 50.0 Å². The van der Waals surface area contributed by atoms with Gasteiger partial charge in [0.15, 0.2) is 0 Å². The molecule has 0 amide bonds. The van der Waals surface area contributed by atoms with Crippen molar-refractivity contribution < 1.29 is 52.7 Å². The van der Waals surface area contributed by atoms with Crippen LogP contribution >= 0.6 is 48.9 Å². The van der Waals surface area contributed by atoms with Crippen molar-refractivity contribution in [3.8, 4) is 0 Å². The van der Waals surface area contributed by atoms with Crippen LogP contribution < -0.4 is 5.30 Å². The van der Waals surface area contributed by atoms with Gasteiger partial charge < -0.3 is 0 Å². The first-order valence-electron chi connectivity index (χ1n) is 7.45. The van der Waals surface area contributed by atoms with Crippen LogP contribution in [0.2, 0.25) is 0 Å². The summed E-state index contributed by atoms with van der Waals surface area (Å²) in [6.45, 7) is 0. The SMILES string of the molecule is FC(F)(F)C1=C(C(F)(F)F)SP2(c3ccccc3)(S1)SC(C(F)(F)F)=C(C(F)(F)F)S2. The van der Waals surface area contributed by atoms with Crippen LogP contribution in [0.1, 0.15) is 0 Å². The van der Waals surface area contributed by atoms with Crippen molar-refractivity contribution in [3.63, 3.8) is 0 Å². The topological polar surface area (TPSA) is 0 Å². The van der Waals surface area contributed by atoms with E-state index >= 15 is 0 Å². The summed E-state index contributed by atoms with van der Waals surface area (Å²) in [5, 5.41) is -0.458. The number of halogens is 12. The molecule has 1 aromatic carbocycles. The Morgan fingerprint density at radius 2 is 0.710 bits per heavy atom. The van der Waals surface area contributed by atoms with Crippen LogP contribution in [-0.4, -0.2) is 24.7 Å². The van der Waals surface area contributed by atoms with E-state index in [0.29, 0.717) is 0 Å². The fourth-order valence-electron chi connectivity index (χ4n) is 2.51. The molecular formula is C14H5F12PS4. The molecule has 0 fully saturated rings. The number of rotatable bonds is 1. The Labute approximate surface area is 181 Å². The zero-order chi connectivity index (χ0) is 23.7. The molecule has 3 rings (SSSR count). The molecule has 1 spiro atoms. The standard InChI is InChI=1S/C14H5F12PS4/c15-11(16,17)7-8(12(18,19)20)29-27(28-7,6-4-2-1-3-5-6)30-9(13(21,22)23)10(31-27)14(24,25)26/h1-5H. The van der Waals surface area contributed by atoms with E-state index in [1.165, 1.54) is 6.07 Å². The van der Waals surface area contributed by atoms with Gasteiger partial charge in [-0.15, -0.1) is 0 Å². The van der Waals surface area contributed by atoms with Gasteiger partial charge in [-0.3, -0.25) is 0 Å². The van der Waals surface area contributed by atoms with Crippen molar-refractivity contribution in [2.75, 3.05) is 0 Å². The predicted molar refractivity (Wildman–Crippen MR) is 102 cm³/mol. The van der Waals surface area contributed by atoms with Crippen molar-refractivity contribution in [2.45, 2.75) is 24.7 Å². The Kier molecular flexibility index (Phi) is 6.00. The van der Waals surface area contributed by atoms with E-state index in [4.69, 9.17) is 0 Å². The first-order valence-corrected chi connectivity index (χ1v) is 15.4. The van der Waals surface area contributed by atoms with Crippen LogP contribution in [0, 0.1) is 0 Å². The second-order valence-electron chi connectivity index (χ2n) is 5.82. The van der Waals surface area contributed by atoms with Crippen LogP contribution in [0.25, 0.3) is 0 Å². The molecule has 1 aromatic rings. The average molecular weight is 560 g/mol. The molecule has 0 aromatic heterocycles. The van der Waals surface area contributed by atoms with Crippen LogP contribution in [-0.2, 0) is 0 Å². The maximum atomic E-state index is 13.5. The van der Waals surface area contributed by atoms with Gasteiger partial charge in [-0.2, -0.15) is 0 Å². The molecule has 0 bridgehead atoms. The molecule has 2 heterocycles. The van der Waals surface area contributed by atoms with Crippen LogP contribution in [0.5, 0.6) is 0 Å². The molecule has 2 aliphatic heterocycles. The van der Waals surface area contributed by atoms with Crippen molar-refractivity contribution in [1.29, 1.82) is 0 Å². The molecule has 174 valence electrons. The van der Waals surface area contributed by atoms with Crippen LogP contribution in [0.4, 0.5) is 52.7 Å². The third kappa shape index (κ3) is 4.43. The summed E-state index contributed by atoms with van der Waals surface area (Å²) >= 11 is -2.34. The maximum absolute atomic E-state index is 13.5. The summed E-state index contributed by atoms with van der Waals surface area (Å²) in [4.78, 5) is -9.01. The molecule has 2 aliphatic rings. The molecular weight excluding hydrogens is 555 g/mol. The minimum absolute atomic E-state index is 0.458. The predicted octanol–water partition coefficient (Wildman–Crippen LogP) is 9.16. The Morgan fingerprint density at radius 1 is 0.452 bits per heavy atom. The molecule has 0 radical (unpaired) electrons. The summed E-state index contributed by atoms with van der Waals surface area (Å²) in [7, 11) is 0. The molecule has 0 nitrogen and oxygen atoms in total. The van der Waals surface area contributed by atoms with E-state index in [2.05, 4.69) is 0 Å². The third-order valence-electron chi connectivity index (χ3n) is 3.62. The second-order valence-corrected chi connectivity index (χ2v) is 25.4. The molecule has 0 atom stereocenters. The van der Waals surface area contributed by atoms with Gasteiger partial charge in [0.05, 0.1) is 0 Å². The molecule has 0 N–H and O–H groups in total. The Bertz CT molecular complexity index is 837. The average Bonchev–Trinajstić information content (AvgIpc) is 3.14. The first kappa shape index (κ1) is 25.3. The molecule has 0 saturated carbocycles. The van der Waals surface area contributed by atoms with Gasteiger partial charge in [-0.05, 0) is 0 Å². The second kappa shape index (κ2) is 7.34. The van der Waals surface area contributed by atoms with Gasteiger partial charge in [-0.1, -0.05) is 0 Å². The van der Waals surface area contributed by atoms with Crippen molar-refractivity contribution in [1.82, 2.24) is 0 Å². The summed E-state index contributed by atoms with van der Waals surface area (Å²) in [5.41, 5.74) is 0. The normalized spacial score (nSPS) is 23.4. The monoisotopic (exact) mass is 560 g/mol. The van der Waals surface area contributed by atoms with Gasteiger partial charge in [0.1, 0.15) is 0 Å². The molecule has 0 unspecified atom stereocenters. The molecule has 31 heavy (non-hydrogen) atoms. The van der Waals surface area contributed by atoms with E-state index < -0.39 is 98.6 Å². The summed E-state index contributed by atoms with van der Waals surface area (Å²) in [6, 6.07) is 5.41. The van der Waals surface area contributed by atoms with E-state index in [-0.39, 0.29) is 0 Å². The first-order chi connectivity index (χ1) is 13.8. The van der Waals surface area contributed by atoms with Crippen molar-refractivity contribution in [3.05, 3.63) is 50.0 Å². The number of hydrogen-bond donors (Lipinski definition) is 0. The van der Waals surface area contributed by atoms with Gasteiger partial charge in [0.25, 0.3) is 0 Å². The number of benzene rings is 1. The van der Waals surface area contributed by atoms with Crippen LogP contribution in [0.3, 0.4) is 0 Å².